The van der Waals surface area contributed by atoms with Gasteiger partial charge in [0.2, 0.25) is 0 Å². The number of aryl methyl sites for hydroxylation is 5. The van der Waals surface area contributed by atoms with Crippen molar-refractivity contribution in [3.63, 3.8) is 0 Å². The predicted octanol–water partition coefficient (Wildman–Crippen LogP) is 1.40. The highest BCUT2D eigenvalue weighted by Crippen LogP contribution is 2.43. The summed E-state index contributed by atoms with van der Waals surface area (Å²) in [5, 5.41) is 88.1. The van der Waals surface area contributed by atoms with E-state index in [0.717, 1.165) is 78.4 Å². The smallest absolute Gasteiger partial charge is 0.141 e. The highest BCUT2D eigenvalue weighted by atomic mass is 31.0. The van der Waals surface area contributed by atoms with Crippen molar-refractivity contribution in [2.75, 3.05) is 6.79 Å². The molecule has 80 heavy (non-hydrogen) atoms. The van der Waals surface area contributed by atoms with E-state index in [2.05, 4.69) is 9.12 Å². The molecule has 0 saturated carbocycles. The van der Waals surface area contributed by atoms with Crippen LogP contribution in [0.15, 0.2) is 152 Å². The van der Waals surface area contributed by atoms with Crippen LogP contribution in [-0.2, 0) is 25.7 Å². The lowest BCUT2D eigenvalue weighted by Crippen LogP contribution is -2.25. The average molecular weight is 1090 g/mol. The molecule has 404 valence electrons. The summed E-state index contributed by atoms with van der Waals surface area (Å²) < 4.78 is 11.4. The van der Waals surface area contributed by atoms with Crippen LogP contribution >= 0.6 is 9.12 Å². The number of ether oxygens (including phenoxy) is 1. The molecule has 0 fully saturated rings. The molecule has 0 radical (unpaired) electrons. The van der Waals surface area contributed by atoms with Gasteiger partial charge in [0, 0.05) is 6.79 Å². The van der Waals surface area contributed by atoms with Crippen LogP contribution in [-0.4, -0.2) is 56.9 Å². The van der Waals surface area contributed by atoms with E-state index in [1.807, 2.05) is 18.2 Å². The number of rotatable bonds is 13. The van der Waals surface area contributed by atoms with E-state index in [1.165, 1.54) is 54.6 Å². The second-order valence-electron chi connectivity index (χ2n) is 18.3. The molecule has 2 aliphatic carbocycles. The number of carboxylic acid groups (broad SMARTS) is 7. The maximum atomic E-state index is 11.2. The molecule has 0 saturated heterocycles. The molecular formula is C62H44BO16P-8. The van der Waals surface area contributed by atoms with Crippen LogP contribution in [0.4, 0.5) is 0 Å². The number of aromatic carboxylic acids is 7. The number of carbonyl (C=O) groups is 7. The zero-order valence-electron chi connectivity index (χ0n) is 43.7. The van der Waals surface area contributed by atoms with Crippen LogP contribution in [0.1, 0.15) is 100 Å². The van der Waals surface area contributed by atoms with Crippen molar-refractivity contribution in [3.8, 4) is 61.4 Å². The summed E-state index contributed by atoms with van der Waals surface area (Å²) in [4.78, 5) is 77.5. The summed E-state index contributed by atoms with van der Waals surface area (Å²) in [7, 11) is 2.32. The Morgan fingerprint density at radius 2 is 0.662 bits per heavy atom. The van der Waals surface area contributed by atoms with Gasteiger partial charge in [0.15, 0.2) is 0 Å². The van der Waals surface area contributed by atoms with E-state index < -0.39 is 48.6 Å². The Bertz CT molecular complexity index is 3430. The summed E-state index contributed by atoms with van der Waals surface area (Å²) in [6.45, 7) is 2.81. The minimum atomic E-state index is -1.49. The third-order valence-corrected chi connectivity index (χ3v) is 13.0. The molecule has 8 aromatic carbocycles. The summed E-state index contributed by atoms with van der Waals surface area (Å²) >= 11 is 0. The van der Waals surface area contributed by atoms with Crippen LogP contribution in [0.25, 0.3) is 55.6 Å². The van der Waals surface area contributed by atoms with E-state index in [0.29, 0.717) is 42.6 Å². The van der Waals surface area contributed by atoms with Gasteiger partial charge in [0.25, 0.3) is 0 Å². The first-order chi connectivity index (χ1) is 38.5. The lowest BCUT2D eigenvalue weighted by atomic mass is 9.74. The predicted molar refractivity (Wildman–Crippen MR) is 285 cm³/mol. The zero-order valence-corrected chi connectivity index (χ0v) is 43.8. The molecular weight excluding hydrogens is 1040 g/mol. The number of hydrogen-bond donors (Lipinski definition) is 0. The Morgan fingerprint density at radius 3 is 0.938 bits per heavy atom. The fourth-order valence-corrected chi connectivity index (χ4v) is 9.36. The third-order valence-electron chi connectivity index (χ3n) is 13.0. The molecule has 0 bridgehead atoms. The standard InChI is InChI=1S/C27H18O6.C18H14O4.C16H13O6.CH6BP/c28-25(29)19-7-1-16(2-8-19)22-13-23(17-3-9-20(10-4-17)26(30)31)15-24(14-22)18-5-11-21(12-6-18)27(32)33;19-17(20)13-5-9-1-2-10-6-14(18(21)22)8-12-4-3-11(7-13)15(9)16(10)12;1-9-2-10(7-14(3-9)22-8-17)11-4-12(15(18)19)6-13(5-11)16(20)21;1-2-3/h1-15H,(H,28,29)(H,30,31)(H,32,33);5-8H,1-4H2,(H,19,20)(H,21,22);2-7H,8H2,1H3,(H,18,19)(H,20,21);2H,3H2,1H3/q;;-1;/p-7/i;;;2T. The number of benzene rings is 8. The van der Waals surface area contributed by atoms with Crippen LogP contribution in [0.5, 0.6) is 5.75 Å². The Kier molecular flexibility index (Phi) is 18.1. The van der Waals surface area contributed by atoms with Gasteiger partial charge in [0.1, 0.15) is 12.7 Å². The monoisotopic (exact) mass is 1090 g/mol. The van der Waals surface area contributed by atoms with Crippen molar-refractivity contribution >= 4 is 57.9 Å². The van der Waals surface area contributed by atoms with Gasteiger partial charge < -0.3 is 79.2 Å². The summed E-state index contributed by atoms with van der Waals surface area (Å²) in [5.41, 5.74) is 12.7. The molecule has 1 atom stereocenters. The second-order valence-corrected chi connectivity index (χ2v) is 19.0. The molecule has 18 heteroatoms. The van der Waals surface area contributed by atoms with E-state index in [9.17, 15) is 74.4 Å². The van der Waals surface area contributed by atoms with Gasteiger partial charge in [-0.2, -0.15) is 9.12 Å². The highest BCUT2D eigenvalue weighted by molar-refractivity contribution is 7.55. The quantitative estimate of drug-likeness (QED) is 0.0895. The topological polar surface area (TPSA) is 313 Å². The van der Waals surface area contributed by atoms with Gasteiger partial charge >= 0.3 is 0 Å². The first-order valence-electron chi connectivity index (χ1n) is 25.0. The van der Waals surface area contributed by atoms with Gasteiger partial charge in [-0.1, -0.05) is 85.7 Å². The van der Waals surface area contributed by atoms with Gasteiger partial charge in [0.05, 0.1) is 41.8 Å². The molecule has 2 aliphatic rings. The van der Waals surface area contributed by atoms with Crippen LogP contribution < -0.4 is 45.6 Å². The minimum absolute atomic E-state index is 0.000000000000000222. The fourth-order valence-electron chi connectivity index (χ4n) is 9.36. The van der Waals surface area contributed by atoms with Gasteiger partial charge in [-0.15, -0.1) is 0 Å². The van der Waals surface area contributed by atoms with Gasteiger partial charge in [-0.05, 0) is 229 Å². The molecule has 0 aliphatic heterocycles. The molecule has 10 rings (SSSR count). The van der Waals surface area contributed by atoms with Crippen LogP contribution in [0.2, 0.25) is 6.82 Å². The van der Waals surface area contributed by atoms with Gasteiger partial charge in [-0.3, -0.25) is 0 Å². The molecule has 0 N–H and O–H groups in total. The average Bonchev–Trinajstić information content (AvgIpc) is 3.55. The largest absolute Gasteiger partial charge is 0.824 e. The zero-order chi connectivity index (χ0) is 58.8. The van der Waals surface area contributed by atoms with E-state index in [1.54, 1.807) is 86.5 Å². The molecule has 0 aromatic heterocycles. The van der Waals surface area contributed by atoms with Crippen molar-refractivity contribution in [2.24, 2.45) is 0 Å². The Morgan fingerprint density at radius 1 is 0.400 bits per heavy atom. The number of hydrogen-bond acceptors (Lipinski definition) is 16. The lowest BCUT2D eigenvalue weighted by molar-refractivity contribution is -0.413. The molecule has 16 nitrogen and oxygen atoms in total. The SMILES string of the molecule is Cc1cc(OC[O-])cc(-c2cc(C(=O)[O-])cc(C(=O)[O-])c2)c1.O=C([O-])c1cc2c3c(c1)CCc1cc(C(=O)[O-])cc(c1-3)CC2.O=C([O-])c1ccc(-c2cc(-c3ccc(C(=O)[O-])cc3)cc(-c3ccc(C(=O)[O-])cc3)c2)cc1.[3H]B(C)P. The fraction of sp³-hybridized carbons (Fsp3) is 0.113. The first-order valence-corrected chi connectivity index (χ1v) is 25.1. The van der Waals surface area contributed by atoms with Crippen LogP contribution in [0, 0.1) is 6.92 Å². The molecule has 0 heterocycles. The molecule has 8 aromatic rings. The van der Waals surface area contributed by atoms with Crippen molar-refractivity contribution in [2.45, 2.75) is 39.4 Å². The third kappa shape index (κ3) is 13.9. The number of carbonyl (C=O) groups excluding carboxylic acids is 7. The van der Waals surface area contributed by atoms with Gasteiger partial charge in [-0.25, -0.2) is 0 Å². The maximum Gasteiger partial charge on any atom is 0.141 e. The number of carboxylic acids is 7. The molecule has 0 amide bonds. The summed E-state index contributed by atoms with van der Waals surface area (Å²) in [6.07, 6.45) is 2.86. The molecule has 0 spiro atoms. The van der Waals surface area contributed by atoms with E-state index in [4.69, 9.17) is 6.07 Å². The van der Waals surface area contributed by atoms with Crippen molar-refractivity contribution in [1.82, 2.24) is 0 Å². The van der Waals surface area contributed by atoms with Crippen molar-refractivity contribution < 1.29 is 79.2 Å². The van der Waals surface area contributed by atoms with Crippen LogP contribution in [0.3, 0.4) is 0 Å². The van der Waals surface area contributed by atoms with E-state index in [-0.39, 0.29) is 45.9 Å². The molecule has 1 unspecified atom stereocenters. The summed E-state index contributed by atoms with van der Waals surface area (Å²) in [6, 6.07) is 39.7. The minimum Gasteiger partial charge on any atom is -0.824 e. The van der Waals surface area contributed by atoms with Crippen molar-refractivity contribution in [1.29, 1.82) is 1.34 Å². The first kappa shape index (κ1) is 56.5. The highest BCUT2D eigenvalue weighted by Gasteiger charge is 2.27. The Hall–Kier alpha value is -9.70. The van der Waals surface area contributed by atoms with Crippen molar-refractivity contribution in [3.05, 3.63) is 218 Å². The maximum absolute atomic E-state index is 11.2. The normalized spacial score (nSPS) is 11.5. The Balaban J connectivity index is 0.000000174. The summed E-state index contributed by atoms with van der Waals surface area (Å²) in [5.74, 6) is -8.77. The lowest BCUT2D eigenvalue weighted by Gasteiger charge is -2.31. The second kappa shape index (κ2) is 25.6. The Labute approximate surface area is 462 Å². The van der Waals surface area contributed by atoms with E-state index >= 15 is 0 Å².